The van der Waals surface area contributed by atoms with Crippen molar-refractivity contribution < 1.29 is 55.0 Å². The SMILES string of the molecule is CC.CC(NCc1cc(C(N)=O)nc(C2=CCC(Oc3ccc(C(F)(F)F)cc3)CC2)n1)C(N)=O.NC(=O)c1cc(CNC2CCNC2=O)nc(C2=CCC(Oc3ccc(C(F)(F)F)cc3)CC2)n1. The molecule has 1 aliphatic heterocycles. The van der Waals surface area contributed by atoms with Gasteiger partial charge in [0.25, 0.3) is 11.8 Å². The van der Waals surface area contributed by atoms with E-state index in [9.17, 15) is 45.5 Å². The number of hydrogen-bond donors (Lipinski definition) is 6. The highest BCUT2D eigenvalue weighted by atomic mass is 19.4. The van der Waals surface area contributed by atoms with Gasteiger partial charge in [-0.1, -0.05) is 26.0 Å². The number of hydrogen-bond acceptors (Lipinski definition) is 12. The maximum absolute atomic E-state index is 12.7. The number of rotatable bonds is 15. The van der Waals surface area contributed by atoms with Gasteiger partial charge in [-0.05, 0) is 111 Å². The molecule has 16 nitrogen and oxygen atoms in total. The van der Waals surface area contributed by atoms with E-state index in [0.29, 0.717) is 86.0 Å². The fourth-order valence-electron chi connectivity index (χ4n) is 7.16. The second-order valence-electron chi connectivity index (χ2n) is 15.9. The van der Waals surface area contributed by atoms with Gasteiger partial charge in [0.1, 0.15) is 35.1 Å². The summed E-state index contributed by atoms with van der Waals surface area (Å²) in [6, 6.07) is 11.2. The van der Waals surface area contributed by atoms with Crippen LogP contribution in [0.4, 0.5) is 26.3 Å². The summed E-state index contributed by atoms with van der Waals surface area (Å²) in [7, 11) is 0. The van der Waals surface area contributed by atoms with Crippen LogP contribution >= 0.6 is 0 Å². The first-order valence-corrected chi connectivity index (χ1v) is 22.2. The molecule has 69 heavy (non-hydrogen) atoms. The number of allylic oxidation sites excluding steroid dienone is 2. The van der Waals surface area contributed by atoms with Crippen molar-refractivity contribution in [1.82, 2.24) is 35.9 Å². The Bertz CT molecular complexity index is 2500. The van der Waals surface area contributed by atoms with Crippen LogP contribution in [0, 0.1) is 0 Å². The molecule has 7 rings (SSSR count). The zero-order valence-electron chi connectivity index (χ0n) is 38.0. The minimum atomic E-state index is -4.40. The molecule has 1 fully saturated rings. The minimum absolute atomic E-state index is 0.0487. The van der Waals surface area contributed by atoms with E-state index in [0.717, 1.165) is 35.4 Å². The Labute approximate surface area is 393 Å². The zero-order chi connectivity index (χ0) is 50.5. The van der Waals surface area contributed by atoms with Crippen molar-refractivity contribution in [3.8, 4) is 11.5 Å². The number of nitrogens with two attached hydrogens (primary N) is 3. The molecule has 4 aromatic rings. The average molecular weight is 969 g/mol. The molecular formula is C47H54F6N10O6. The lowest BCUT2D eigenvalue weighted by Gasteiger charge is -2.23. The maximum Gasteiger partial charge on any atom is 0.416 e. The molecule has 1 saturated heterocycles. The van der Waals surface area contributed by atoms with Crippen LogP contribution < -0.4 is 42.6 Å². The van der Waals surface area contributed by atoms with Crippen LogP contribution in [0.2, 0.25) is 0 Å². The topological polar surface area (TPSA) is 252 Å². The Hall–Kier alpha value is -6.94. The number of alkyl halides is 6. The molecule has 2 aromatic heterocycles. The van der Waals surface area contributed by atoms with Gasteiger partial charge in [-0.3, -0.25) is 19.2 Å². The Kier molecular flexibility index (Phi) is 18.3. The predicted octanol–water partition coefficient (Wildman–Crippen LogP) is 6.19. The third-order valence-corrected chi connectivity index (χ3v) is 10.9. The largest absolute Gasteiger partial charge is 0.490 e. The molecule has 3 aliphatic rings. The third kappa shape index (κ3) is 15.5. The van der Waals surface area contributed by atoms with Gasteiger partial charge in [0, 0.05) is 32.5 Å². The molecule has 0 bridgehead atoms. The smallest absolute Gasteiger partial charge is 0.416 e. The molecule has 9 N–H and O–H groups in total. The average Bonchev–Trinajstić information content (AvgIpc) is 3.74. The number of aromatic nitrogens is 4. The molecule has 22 heteroatoms. The Morgan fingerprint density at radius 2 is 1.13 bits per heavy atom. The van der Waals surface area contributed by atoms with Gasteiger partial charge in [0.05, 0.1) is 34.6 Å². The Morgan fingerprint density at radius 1 is 0.696 bits per heavy atom. The van der Waals surface area contributed by atoms with Crippen LogP contribution in [0.25, 0.3) is 11.1 Å². The van der Waals surface area contributed by atoms with Crippen LogP contribution in [0.1, 0.15) is 121 Å². The molecule has 2 aliphatic carbocycles. The lowest BCUT2D eigenvalue weighted by atomic mass is 9.96. The summed E-state index contributed by atoms with van der Waals surface area (Å²) in [5.74, 6) is -0.516. The van der Waals surface area contributed by atoms with Crippen molar-refractivity contribution in [3.05, 3.63) is 118 Å². The van der Waals surface area contributed by atoms with Crippen molar-refractivity contribution >= 4 is 34.8 Å². The molecule has 0 spiro atoms. The number of halogens is 6. The number of benzene rings is 2. The van der Waals surface area contributed by atoms with Gasteiger partial charge in [-0.15, -0.1) is 0 Å². The number of nitrogens with one attached hydrogen (secondary N) is 3. The number of nitrogens with zero attached hydrogens (tertiary/aromatic N) is 4. The summed E-state index contributed by atoms with van der Waals surface area (Å²) in [5.41, 5.74) is 17.4. The van der Waals surface area contributed by atoms with Gasteiger partial charge in [-0.2, -0.15) is 26.3 Å². The number of primary amides is 3. The maximum atomic E-state index is 12.7. The summed E-state index contributed by atoms with van der Waals surface area (Å²) in [6.07, 6.45) is -1.47. The number of carbonyl (C=O) groups excluding carboxylic acids is 4. The first kappa shape index (κ1) is 53.0. The Balaban J connectivity index is 0.000000249. The summed E-state index contributed by atoms with van der Waals surface area (Å²) < 4.78 is 87.9. The fraction of sp³-hybridized carbons (Fsp3) is 0.404. The molecular weight excluding hydrogens is 915 g/mol. The van der Waals surface area contributed by atoms with E-state index >= 15 is 0 Å². The first-order valence-electron chi connectivity index (χ1n) is 22.2. The zero-order valence-corrected chi connectivity index (χ0v) is 38.0. The highest BCUT2D eigenvalue weighted by molar-refractivity contribution is 5.91. The minimum Gasteiger partial charge on any atom is -0.490 e. The van der Waals surface area contributed by atoms with Crippen molar-refractivity contribution in [2.75, 3.05) is 6.54 Å². The van der Waals surface area contributed by atoms with E-state index in [2.05, 4.69) is 35.9 Å². The highest BCUT2D eigenvalue weighted by Gasteiger charge is 2.32. The normalized spacial score (nSPS) is 18.4. The second-order valence-corrected chi connectivity index (χ2v) is 15.9. The van der Waals surface area contributed by atoms with Crippen molar-refractivity contribution in [2.24, 2.45) is 17.2 Å². The molecule has 4 unspecified atom stereocenters. The summed E-state index contributed by atoms with van der Waals surface area (Å²) in [4.78, 5) is 64.0. The lowest BCUT2D eigenvalue weighted by Crippen LogP contribution is -2.38. The molecule has 2 aromatic carbocycles. The number of carbonyl (C=O) groups is 4. The van der Waals surface area contributed by atoms with Gasteiger partial charge in [-0.25, -0.2) is 19.9 Å². The Morgan fingerprint density at radius 3 is 1.48 bits per heavy atom. The summed E-state index contributed by atoms with van der Waals surface area (Å²) in [5, 5.41) is 8.79. The molecule has 4 atom stereocenters. The van der Waals surface area contributed by atoms with E-state index in [1.54, 1.807) is 6.92 Å². The second kappa shape index (κ2) is 23.9. The van der Waals surface area contributed by atoms with Crippen molar-refractivity contribution in [1.29, 1.82) is 0 Å². The lowest BCUT2D eigenvalue weighted by molar-refractivity contribution is -0.138. The molecule has 4 amide bonds. The van der Waals surface area contributed by atoms with E-state index in [-0.39, 0.29) is 48.6 Å². The third-order valence-electron chi connectivity index (χ3n) is 10.9. The fourth-order valence-corrected chi connectivity index (χ4v) is 7.16. The van der Waals surface area contributed by atoms with Crippen LogP contribution in [0.15, 0.2) is 72.8 Å². The van der Waals surface area contributed by atoms with Gasteiger partial charge in [0.15, 0.2) is 11.6 Å². The van der Waals surface area contributed by atoms with Crippen molar-refractivity contribution in [3.63, 3.8) is 0 Å². The van der Waals surface area contributed by atoms with Crippen LogP contribution in [-0.4, -0.2) is 74.4 Å². The van der Waals surface area contributed by atoms with E-state index < -0.39 is 47.2 Å². The molecule has 0 radical (unpaired) electrons. The van der Waals surface area contributed by atoms with E-state index in [4.69, 9.17) is 26.7 Å². The number of amides is 4. The van der Waals surface area contributed by atoms with Crippen LogP contribution in [0.5, 0.6) is 11.5 Å². The molecule has 370 valence electrons. The quantitative estimate of drug-likeness (QED) is 0.0731. The van der Waals surface area contributed by atoms with Gasteiger partial charge >= 0.3 is 12.4 Å². The van der Waals surface area contributed by atoms with Crippen molar-refractivity contribution in [2.45, 2.75) is 115 Å². The monoisotopic (exact) mass is 968 g/mol. The summed E-state index contributed by atoms with van der Waals surface area (Å²) >= 11 is 0. The van der Waals surface area contributed by atoms with Gasteiger partial charge in [0.2, 0.25) is 11.8 Å². The van der Waals surface area contributed by atoms with Crippen LogP contribution in [-0.2, 0) is 35.0 Å². The summed E-state index contributed by atoms with van der Waals surface area (Å²) in [6.45, 7) is 6.69. The first-order chi connectivity index (χ1) is 32.7. The van der Waals surface area contributed by atoms with E-state index in [1.807, 2.05) is 26.0 Å². The van der Waals surface area contributed by atoms with Crippen LogP contribution in [0.3, 0.4) is 0 Å². The van der Waals surface area contributed by atoms with Gasteiger partial charge < -0.3 is 42.6 Å². The standard InChI is InChI=1S/C23H24F3N5O3.C22H24F3N5O3.C2H6/c24-23(25,26)14-3-7-17(8-4-14)34-16-5-1-13(2-6-16)21-30-15(11-19(31-21)20(27)32)12-29-18-9-10-28-22(18)33;1-12(19(26)31)28-11-15-10-18(20(27)32)30-21(29-15)13-2-6-16(7-3-13)33-17-8-4-14(5-9-17)22(23,24)25;1-2/h1,3-4,7-8,11,16,18,29H,2,5-6,9-10,12H2,(H2,27,32)(H,28,33);2,4-5,8-10,12,16,28H,3,6-7,11H2,1H3,(H2,26,31)(H2,27,32);1-2H3. The molecule has 3 heterocycles. The highest BCUT2D eigenvalue weighted by Crippen LogP contribution is 2.34. The molecule has 0 saturated carbocycles. The number of ether oxygens (including phenoxy) is 2. The predicted molar refractivity (Wildman–Crippen MR) is 242 cm³/mol. The van der Waals surface area contributed by atoms with E-state index in [1.165, 1.54) is 36.4 Å².